The quantitative estimate of drug-likeness (QED) is 0.152. The van der Waals surface area contributed by atoms with E-state index < -0.39 is 0 Å². The van der Waals surface area contributed by atoms with Crippen molar-refractivity contribution < 1.29 is 0 Å². The fraction of sp³-hybridized carbons (Fsp3) is 0.104. The summed E-state index contributed by atoms with van der Waals surface area (Å²) in [4.78, 5) is 0. The van der Waals surface area contributed by atoms with Gasteiger partial charge < -0.3 is 9.05 Å². The van der Waals surface area contributed by atoms with Gasteiger partial charge >= 0.3 is 6.85 Å². The molecule has 3 heteroatoms. The second-order valence-electron chi connectivity index (χ2n) is 20.7. The summed E-state index contributed by atoms with van der Waals surface area (Å²) in [6, 6.07) is 70.1. The van der Waals surface area contributed by atoms with E-state index >= 15 is 0 Å². The predicted molar refractivity (Wildman–Crippen MR) is 300 cm³/mol. The van der Waals surface area contributed by atoms with Crippen molar-refractivity contribution in [2.45, 2.75) is 48.5 Å². The summed E-state index contributed by atoms with van der Waals surface area (Å²) >= 11 is 0. The highest BCUT2D eigenvalue weighted by Crippen LogP contribution is 2.48. The van der Waals surface area contributed by atoms with Crippen LogP contribution in [0.15, 0.2) is 182 Å². The van der Waals surface area contributed by atoms with E-state index in [0.717, 1.165) is 0 Å². The Balaban J connectivity index is 1.18. The Hall–Kier alpha value is -8.14. The number of benzene rings is 10. The van der Waals surface area contributed by atoms with Gasteiger partial charge in [-0.2, -0.15) is 0 Å². The highest BCUT2D eigenvalue weighted by atomic mass is 15.0. The Morgan fingerprint density at radius 2 is 0.800 bits per heavy atom. The summed E-state index contributed by atoms with van der Waals surface area (Å²) in [5, 5.41) is 5.13. The molecule has 0 saturated carbocycles. The fourth-order valence-electron chi connectivity index (χ4n) is 13.1. The average Bonchev–Trinajstić information content (AvgIpc) is 3.86. The maximum Gasteiger partial charge on any atom is 0.333 e. The topological polar surface area (TPSA) is 9.86 Å². The number of fused-ring (bicyclic) bond motifs is 10. The molecule has 2 nitrogen and oxygen atoms in total. The van der Waals surface area contributed by atoms with Crippen molar-refractivity contribution in [3.05, 3.63) is 221 Å². The molecule has 10 aromatic carbocycles. The molecular weight excluding hydrogens is 844 g/mol. The largest absolute Gasteiger partial charge is 0.375 e. The van der Waals surface area contributed by atoms with Crippen molar-refractivity contribution in [2.75, 3.05) is 0 Å². The van der Waals surface area contributed by atoms with Crippen LogP contribution in [-0.4, -0.2) is 15.9 Å². The van der Waals surface area contributed by atoms with E-state index in [-0.39, 0.29) is 6.85 Å². The van der Waals surface area contributed by atoms with Gasteiger partial charge in [-0.05, 0) is 186 Å². The maximum absolute atomic E-state index is 2.74. The van der Waals surface area contributed by atoms with Crippen LogP contribution in [-0.2, 0) is 0 Å². The third kappa shape index (κ3) is 6.00. The van der Waals surface area contributed by atoms with E-state index in [1.165, 1.54) is 166 Å². The molecule has 2 aromatic heterocycles. The summed E-state index contributed by atoms with van der Waals surface area (Å²) in [6.45, 7) is 15.6. The Bertz CT molecular complexity index is 4180. The van der Waals surface area contributed by atoms with Crippen LogP contribution < -0.4 is 10.9 Å². The van der Waals surface area contributed by atoms with Gasteiger partial charge in [-0.25, -0.2) is 0 Å². The van der Waals surface area contributed by atoms with E-state index in [1.807, 2.05) is 0 Å². The van der Waals surface area contributed by atoms with Gasteiger partial charge in [0.15, 0.2) is 0 Å². The second-order valence-corrected chi connectivity index (χ2v) is 20.7. The van der Waals surface area contributed by atoms with E-state index in [0.29, 0.717) is 0 Å². The zero-order valence-corrected chi connectivity index (χ0v) is 40.8. The molecule has 14 rings (SSSR count). The molecule has 0 aliphatic carbocycles. The number of hydrogen-bond acceptors (Lipinski definition) is 0. The molecule has 0 fully saturated rings. The van der Waals surface area contributed by atoms with Crippen LogP contribution >= 0.6 is 0 Å². The highest BCUT2D eigenvalue weighted by molar-refractivity contribution is 6.90. The Labute approximate surface area is 410 Å². The van der Waals surface area contributed by atoms with Crippen molar-refractivity contribution in [3.63, 3.8) is 0 Å². The van der Waals surface area contributed by atoms with Crippen LogP contribution in [0, 0.1) is 48.5 Å². The molecule has 0 spiro atoms. The van der Waals surface area contributed by atoms with Gasteiger partial charge in [-0.1, -0.05) is 155 Å². The number of rotatable bonds is 5. The summed E-state index contributed by atoms with van der Waals surface area (Å²) < 4.78 is 5.38. The summed E-state index contributed by atoms with van der Waals surface area (Å²) in [5.74, 6) is 0. The molecule has 2 aliphatic rings. The first-order valence-corrected chi connectivity index (χ1v) is 24.8. The average molecular weight is 895 g/mol. The Morgan fingerprint density at radius 1 is 0.329 bits per heavy atom. The second kappa shape index (κ2) is 14.9. The number of hydrogen-bond donors (Lipinski definition) is 0. The monoisotopic (exact) mass is 894 g/mol. The van der Waals surface area contributed by atoms with Gasteiger partial charge in [0, 0.05) is 43.8 Å². The first-order chi connectivity index (χ1) is 34.0. The van der Waals surface area contributed by atoms with Crippen LogP contribution in [0.1, 0.15) is 38.9 Å². The number of nitrogens with zero attached hydrogens (tertiary/aromatic N) is 2. The van der Waals surface area contributed by atoms with Gasteiger partial charge in [0.1, 0.15) is 0 Å². The lowest BCUT2D eigenvalue weighted by molar-refractivity contribution is 1.17. The molecule has 332 valence electrons. The van der Waals surface area contributed by atoms with E-state index in [9.17, 15) is 0 Å². The van der Waals surface area contributed by atoms with Crippen LogP contribution in [0.2, 0.25) is 0 Å². The molecule has 0 atom stereocenters. The zero-order chi connectivity index (χ0) is 47.3. The Kier molecular flexibility index (Phi) is 8.72. The lowest BCUT2D eigenvalue weighted by Gasteiger charge is -2.35. The third-order valence-corrected chi connectivity index (χ3v) is 15.6. The zero-order valence-electron chi connectivity index (χ0n) is 40.8. The molecule has 4 heterocycles. The van der Waals surface area contributed by atoms with E-state index in [1.54, 1.807) is 0 Å². The van der Waals surface area contributed by atoms with Gasteiger partial charge in [0.05, 0.1) is 11.0 Å². The van der Waals surface area contributed by atoms with Gasteiger partial charge in [0.2, 0.25) is 0 Å². The van der Waals surface area contributed by atoms with E-state index in [4.69, 9.17) is 0 Å². The third-order valence-electron chi connectivity index (χ3n) is 15.6. The minimum Gasteiger partial charge on any atom is -0.375 e. The van der Waals surface area contributed by atoms with Crippen LogP contribution in [0.5, 0.6) is 0 Å². The smallest absolute Gasteiger partial charge is 0.333 e. The van der Waals surface area contributed by atoms with Crippen LogP contribution in [0.4, 0.5) is 0 Å². The van der Waals surface area contributed by atoms with Gasteiger partial charge in [-0.15, -0.1) is 0 Å². The predicted octanol–water partition coefficient (Wildman–Crippen LogP) is 16.3. The van der Waals surface area contributed by atoms with Crippen molar-refractivity contribution in [3.8, 4) is 72.4 Å². The van der Waals surface area contributed by atoms with Crippen molar-refractivity contribution in [1.82, 2.24) is 9.05 Å². The molecule has 0 amide bonds. The van der Waals surface area contributed by atoms with Gasteiger partial charge in [0.25, 0.3) is 0 Å². The van der Waals surface area contributed by atoms with Crippen LogP contribution in [0.25, 0.3) is 116 Å². The maximum atomic E-state index is 2.74. The lowest BCUT2D eigenvalue weighted by atomic mass is 9.45. The summed E-state index contributed by atoms with van der Waals surface area (Å²) in [7, 11) is 0. The minimum absolute atomic E-state index is 0.0949. The molecule has 0 N–H and O–H groups in total. The van der Waals surface area contributed by atoms with E-state index in [2.05, 4.69) is 240 Å². The summed E-state index contributed by atoms with van der Waals surface area (Å²) in [6.07, 6.45) is 0. The molecule has 0 unspecified atom stereocenters. The summed E-state index contributed by atoms with van der Waals surface area (Å²) in [5.41, 5.74) is 33.1. The molecule has 2 aliphatic heterocycles. The first-order valence-electron chi connectivity index (χ1n) is 24.8. The minimum atomic E-state index is -0.0949. The SMILES string of the molecule is Cc1cc(C)cc(-c2ccc3c(c2)c2cc(-c4cc(C)cc(C)c4)cc4c2n3B2c3c-4cc(-c4c(C)cc(C)cc4C)cc3-n3c4ccc(-c5ccccc5)cc4c4cc(-c5ccccc5)cc2c43)c1. The molecular formula is C67H51BN2. The van der Waals surface area contributed by atoms with Crippen LogP contribution in [0.3, 0.4) is 0 Å². The molecule has 0 radical (unpaired) electrons. The molecule has 0 bridgehead atoms. The van der Waals surface area contributed by atoms with Crippen molar-refractivity contribution >= 4 is 61.4 Å². The number of aryl methyl sites for hydroxylation is 7. The fourth-order valence-corrected chi connectivity index (χ4v) is 13.1. The molecule has 0 saturated heterocycles. The Morgan fingerprint density at radius 3 is 1.43 bits per heavy atom. The first kappa shape index (κ1) is 40.9. The lowest BCUT2D eigenvalue weighted by Crippen LogP contribution is -2.55. The standard InChI is InChI=1S/C67H51BN2/c1-38-22-39(2)27-49(26-38)48-19-21-62-55(31-48)57-32-51(50-28-40(3)23-41(4)29-50)33-59-56-35-53(64-43(6)24-42(5)25-44(64)7)37-63-65(56)68(70(62)66(57)59)60-36-52(46-16-12-9-13-17-46)34-58-54-30-47(45-14-10-8-11-15-45)18-20-61(54)69(63)67(58)60/h8-37H,1-7H3. The molecule has 70 heavy (non-hydrogen) atoms. The highest BCUT2D eigenvalue weighted by Gasteiger charge is 2.42. The number of aromatic nitrogens is 2. The molecule has 12 aromatic rings. The normalized spacial score (nSPS) is 12.5. The van der Waals surface area contributed by atoms with Crippen molar-refractivity contribution in [2.24, 2.45) is 0 Å². The van der Waals surface area contributed by atoms with Gasteiger partial charge in [-0.3, -0.25) is 0 Å². The van der Waals surface area contributed by atoms with Crippen molar-refractivity contribution in [1.29, 1.82) is 0 Å².